The van der Waals surface area contributed by atoms with Crippen LogP contribution in [0.1, 0.15) is 15.9 Å². The third-order valence-corrected chi connectivity index (χ3v) is 6.27. The first kappa shape index (κ1) is 19.9. The van der Waals surface area contributed by atoms with Crippen molar-refractivity contribution >= 4 is 33.1 Å². The summed E-state index contributed by atoms with van der Waals surface area (Å²) in [5.41, 5.74) is 3.23. The highest BCUT2D eigenvalue weighted by Gasteiger charge is 2.11. The lowest BCUT2D eigenvalue weighted by atomic mass is 10.1. The van der Waals surface area contributed by atoms with Gasteiger partial charge in [-0.2, -0.15) is 0 Å². The fraction of sp³-hybridized carbons (Fsp3) is 0.0385. The van der Waals surface area contributed by atoms with Gasteiger partial charge in [0.25, 0.3) is 11.5 Å². The van der Waals surface area contributed by atoms with Gasteiger partial charge in [0.1, 0.15) is 4.83 Å². The fourth-order valence-electron chi connectivity index (χ4n) is 3.50. The summed E-state index contributed by atoms with van der Waals surface area (Å²) in [6.07, 6.45) is 1.59. The number of benzene rings is 3. The Morgan fingerprint density at radius 3 is 2.31 bits per heavy atom. The Hall–Kier alpha value is -4.03. The van der Waals surface area contributed by atoms with E-state index in [1.807, 2.05) is 78.9 Å². The van der Waals surface area contributed by atoms with Crippen molar-refractivity contribution in [3.63, 3.8) is 0 Å². The molecule has 0 saturated carbocycles. The summed E-state index contributed by atoms with van der Waals surface area (Å²) >= 11 is 1.52. The lowest BCUT2D eigenvalue weighted by Gasteiger charge is -2.08. The van der Waals surface area contributed by atoms with Gasteiger partial charge in [0.05, 0.1) is 18.3 Å². The summed E-state index contributed by atoms with van der Waals surface area (Å²) in [4.78, 5) is 31.7. The van der Waals surface area contributed by atoms with Crippen LogP contribution >= 0.6 is 11.3 Å². The van der Waals surface area contributed by atoms with Crippen LogP contribution in [0.25, 0.3) is 20.7 Å². The highest BCUT2D eigenvalue weighted by molar-refractivity contribution is 7.21. The Morgan fingerprint density at radius 2 is 1.59 bits per heavy atom. The molecule has 0 saturated heterocycles. The first-order valence-electron chi connectivity index (χ1n) is 10.2. The fourth-order valence-corrected chi connectivity index (χ4v) is 4.50. The van der Waals surface area contributed by atoms with Crippen LogP contribution in [0.15, 0.2) is 102 Å². The lowest BCUT2D eigenvalue weighted by Crippen LogP contribution is -2.20. The van der Waals surface area contributed by atoms with Gasteiger partial charge in [0.2, 0.25) is 0 Å². The summed E-state index contributed by atoms with van der Waals surface area (Å²) in [5, 5.41) is 3.49. The molecule has 1 N–H and O–H groups in total. The van der Waals surface area contributed by atoms with Gasteiger partial charge >= 0.3 is 0 Å². The van der Waals surface area contributed by atoms with Crippen molar-refractivity contribution in [3.05, 3.63) is 119 Å². The van der Waals surface area contributed by atoms with Crippen molar-refractivity contribution in [2.24, 2.45) is 0 Å². The monoisotopic (exact) mass is 437 g/mol. The molecular formula is C26H19N3O2S. The molecule has 32 heavy (non-hydrogen) atoms. The summed E-state index contributed by atoms with van der Waals surface area (Å²) in [5.74, 6) is -0.172. The van der Waals surface area contributed by atoms with E-state index < -0.39 is 0 Å². The number of thiophene rings is 1. The number of carbonyl (C=O) groups is 1. The molecule has 5 nitrogen and oxygen atoms in total. The average molecular weight is 438 g/mol. The first-order chi connectivity index (χ1) is 15.7. The summed E-state index contributed by atoms with van der Waals surface area (Å²) in [7, 11) is 0. The molecule has 0 unspecified atom stereocenters. The first-order valence-corrected chi connectivity index (χ1v) is 11.0. The van der Waals surface area contributed by atoms with Gasteiger partial charge in [0, 0.05) is 16.1 Å². The molecule has 0 atom stereocenters. The Labute approximate surface area is 188 Å². The topological polar surface area (TPSA) is 64.0 Å². The van der Waals surface area contributed by atoms with Gasteiger partial charge in [-0.1, -0.05) is 60.7 Å². The van der Waals surface area contributed by atoms with Crippen LogP contribution in [-0.4, -0.2) is 15.5 Å². The molecule has 0 fully saturated rings. The number of carbonyl (C=O) groups excluding carboxylic acids is 1. The van der Waals surface area contributed by atoms with E-state index in [1.54, 1.807) is 23.0 Å². The molecule has 156 valence electrons. The molecule has 0 aliphatic rings. The number of para-hydroxylation sites is 1. The second kappa shape index (κ2) is 8.61. The van der Waals surface area contributed by atoms with Crippen LogP contribution in [0.4, 0.5) is 5.69 Å². The largest absolute Gasteiger partial charge is 0.322 e. The zero-order valence-electron chi connectivity index (χ0n) is 17.1. The standard InChI is InChI=1S/C26H19N3O2S/c30-24(28-21-9-5-2-6-10-21)20-13-11-18(12-14-20)16-29-17-27-25-22(26(29)31)15-23(32-25)19-7-3-1-4-8-19/h1-15,17H,16H2,(H,28,30). The van der Waals surface area contributed by atoms with E-state index in [-0.39, 0.29) is 11.5 Å². The molecule has 5 rings (SSSR count). The molecule has 0 bridgehead atoms. The van der Waals surface area contributed by atoms with Gasteiger partial charge in [-0.15, -0.1) is 11.3 Å². The predicted molar refractivity (Wildman–Crippen MR) is 129 cm³/mol. The molecule has 0 aliphatic carbocycles. The third kappa shape index (κ3) is 4.08. The van der Waals surface area contributed by atoms with Crippen LogP contribution in [0.5, 0.6) is 0 Å². The Morgan fingerprint density at radius 1 is 0.906 bits per heavy atom. The minimum atomic E-state index is -0.172. The smallest absolute Gasteiger partial charge is 0.262 e. The maximum Gasteiger partial charge on any atom is 0.262 e. The van der Waals surface area contributed by atoms with Gasteiger partial charge in [-0.3, -0.25) is 14.2 Å². The van der Waals surface area contributed by atoms with Gasteiger partial charge in [-0.25, -0.2) is 4.98 Å². The highest BCUT2D eigenvalue weighted by atomic mass is 32.1. The Balaban J connectivity index is 1.35. The van der Waals surface area contributed by atoms with Crippen molar-refractivity contribution in [2.75, 3.05) is 5.32 Å². The number of amides is 1. The second-order valence-electron chi connectivity index (χ2n) is 7.39. The Bertz CT molecular complexity index is 1440. The number of fused-ring (bicyclic) bond motifs is 1. The van der Waals surface area contributed by atoms with Crippen LogP contribution in [-0.2, 0) is 6.54 Å². The molecule has 2 aromatic heterocycles. The molecule has 0 aliphatic heterocycles. The number of hydrogen-bond donors (Lipinski definition) is 1. The highest BCUT2D eigenvalue weighted by Crippen LogP contribution is 2.30. The molecule has 0 spiro atoms. The van der Waals surface area contributed by atoms with E-state index in [0.717, 1.165) is 26.5 Å². The molecule has 2 heterocycles. The molecule has 5 aromatic rings. The molecule has 3 aromatic carbocycles. The Kier molecular flexibility index (Phi) is 5.35. The van der Waals surface area contributed by atoms with Crippen molar-refractivity contribution in [1.29, 1.82) is 0 Å². The van der Waals surface area contributed by atoms with Crippen molar-refractivity contribution in [2.45, 2.75) is 6.54 Å². The van der Waals surface area contributed by atoms with E-state index >= 15 is 0 Å². The normalized spacial score (nSPS) is 10.9. The number of nitrogens with zero attached hydrogens (tertiary/aromatic N) is 2. The molecule has 6 heteroatoms. The van der Waals surface area contributed by atoms with Gasteiger partial charge < -0.3 is 5.32 Å². The molecule has 0 radical (unpaired) electrons. The maximum atomic E-state index is 13.0. The van der Waals surface area contributed by atoms with Gasteiger partial charge in [0.15, 0.2) is 0 Å². The van der Waals surface area contributed by atoms with Crippen LogP contribution in [0, 0.1) is 0 Å². The number of rotatable bonds is 5. The predicted octanol–water partition coefficient (Wildman–Crippen LogP) is 5.43. The summed E-state index contributed by atoms with van der Waals surface area (Å²) in [6.45, 7) is 0.388. The van der Waals surface area contributed by atoms with Gasteiger partial charge in [-0.05, 0) is 41.5 Å². The molecular weight excluding hydrogens is 418 g/mol. The minimum absolute atomic E-state index is 0.0701. The van der Waals surface area contributed by atoms with Crippen molar-refractivity contribution in [1.82, 2.24) is 9.55 Å². The number of anilines is 1. The maximum absolute atomic E-state index is 13.0. The van der Waals surface area contributed by atoms with E-state index in [4.69, 9.17) is 0 Å². The number of hydrogen-bond acceptors (Lipinski definition) is 4. The number of nitrogens with one attached hydrogen (secondary N) is 1. The summed E-state index contributed by atoms with van der Waals surface area (Å²) < 4.78 is 1.60. The van der Waals surface area contributed by atoms with E-state index in [1.165, 1.54) is 11.3 Å². The zero-order valence-corrected chi connectivity index (χ0v) is 17.9. The average Bonchev–Trinajstić information content (AvgIpc) is 3.28. The van der Waals surface area contributed by atoms with Crippen molar-refractivity contribution in [3.8, 4) is 10.4 Å². The SMILES string of the molecule is O=C(Nc1ccccc1)c1ccc(Cn2cnc3sc(-c4ccccc4)cc3c2=O)cc1. The van der Waals surface area contributed by atoms with E-state index in [9.17, 15) is 9.59 Å². The quantitative estimate of drug-likeness (QED) is 0.399. The van der Waals surface area contributed by atoms with Crippen LogP contribution in [0.3, 0.4) is 0 Å². The van der Waals surface area contributed by atoms with Crippen LogP contribution < -0.4 is 10.9 Å². The van der Waals surface area contributed by atoms with E-state index in [2.05, 4.69) is 10.3 Å². The third-order valence-electron chi connectivity index (χ3n) is 5.18. The number of aromatic nitrogens is 2. The lowest BCUT2D eigenvalue weighted by molar-refractivity contribution is 0.102. The van der Waals surface area contributed by atoms with Crippen molar-refractivity contribution < 1.29 is 4.79 Å². The van der Waals surface area contributed by atoms with E-state index in [0.29, 0.717) is 17.5 Å². The second-order valence-corrected chi connectivity index (χ2v) is 8.42. The molecule has 1 amide bonds. The minimum Gasteiger partial charge on any atom is -0.322 e. The summed E-state index contributed by atoms with van der Waals surface area (Å²) in [6, 6.07) is 28.5. The van der Waals surface area contributed by atoms with Crippen LogP contribution in [0.2, 0.25) is 0 Å². The zero-order chi connectivity index (χ0) is 21.9.